The molecule has 1 aliphatic heterocycles. The molecule has 4 atom stereocenters. The van der Waals surface area contributed by atoms with Crippen LogP contribution >= 0.6 is 0 Å². The van der Waals surface area contributed by atoms with Crippen molar-refractivity contribution in [3.05, 3.63) is 18.1 Å². The first kappa shape index (κ1) is 19.9. The summed E-state index contributed by atoms with van der Waals surface area (Å²) in [5, 5.41) is 31.1. The lowest BCUT2D eigenvalue weighted by atomic mass is 9.96. The van der Waals surface area contributed by atoms with E-state index in [9.17, 15) is 15.3 Å². The van der Waals surface area contributed by atoms with Crippen LogP contribution in [0.2, 0.25) is 0 Å². The molecule has 0 aliphatic carbocycles. The minimum Gasteiger partial charge on any atom is -0.394 e. The first-order chi connectivity index (χ1) is 12.9. The van der Waals surface area contributed by atoms with E-state index in [4.69, 9.17) is 19.9 Å². The molecule has 0 amide bonds. The number of fused-ring (bicyclic) bond motifs is 1. The molecule has 2 aromatic heterocycles. The highest BCUT2D eigenvalue weighted by Crippen LogP contribution is 2.42. The minimum absolute atomic E-state index is 0.232. The molecule has 3 rings (SSSR count). The fraction of sp³-hybridized carbons (Fsp3) is 0.647. The number of aromatic nitrogens is 3. The molecule has 1 saturated heterocycles. The zero-order valence-electron chi connectivity index (χ0n) is 15.6. The second-order valence-corrected chi connectivity index (χ2v) is 6.57. The van der Waals surface area contributed by atoms with Crippen molar-refractivity contribution in [2.45, 2.75) is 51.1 Å². The van der Waals surface area contributed by atoms with Crippen LogP contribution in [0.3, 0.4) is 0 Å². The summed E-state index contributed by atoms with van der Waals surface area (Å²) in [4.78, 5) is 8.32. The fourth-order valence-electron chi connectivity index (χ4n) is 3.42. The monoisotopic (exact) mass is 382 g/mol. The second kappa shape index (κ2) is 7.66. The largest absolute Gasteiger partial charge is 0.394 e. The van der Waals surface area contributed by atoms with Gasteiger partial charge in [0.1, 0.15) is 35.6 Å². The molecule has 0 bridgehead atoms. The number of ether oxygens (including phenoxy) is 3. The van der Waals surface area contributed by atoms with Gasteiger partial charge in [0.15, 0.2) is 12.5 Å². The number of aliphatic hydroxyl groups is 3. The Hall–Kier alpha value is -1.82. The first-order valence-corrected chi connectivity index (χ1v) is 8.87. The topological polar surface area (TPSA) is 145 Å². The summed E-state index contributed by atoms with van der Waals surface area (Å²) >= 11 is 0. The third-order valence-electron chi connectivity index (χ3n) is 4.75. The van der Waals surface area contributed by atoms with E-state index in [1.807, 2.05) is 13.8 Å². The van der Waals surface area contributed by atoms with Crippen LogP contribution < -0.4 is 5.73 Å². The van der Waals surface area contributed by atoms with E-state index in [2.05, 4.69) is 9.97 Å². The van der Waals surface area contributed by atoms with Crippen LogP contribution in [0.4, 0.5) is 5.82 Å². The predicted octanol–water partition coefficient (Wildman–Crippen LogP) is 0.0867. The van der Waals surface area contributed by atoms with Gasteiger partial charge in [-0.15, -0.1) is 0 Å². The zero-order chi connectivity index (χ0) is 19.8. The quantitative estimate of drug-likeness (QED) is 0.489. The molecule has 1 aliphatic rings. The van der Waals surface area contributed by atoms with Crippen molar-refractivity contribution in [3.8, 4) is 0 Å². The van der Waals surface area contributed by atoms with Gasteiger partial charge >= 0.3 is 0 Å². The summed E-state index contributed by atoms with van der Waals surface area (Å²) in [5.41, 5.74) is 5.41. The van der Waals surface area contributed by atoms with Crippen LogP contribution in [0.15, 0.2) is 12.5 Å². The minimum atomic E-state index is -1.66. The van der Waals surface area contributed by atoms with Gasteiger partial charge in [0.25, 0.3) is 0 Å². The van der Waals surface area contributed by atoms with Gasteiger partial charge in [-0.2, -0.15) is 0 Å². The van der Waals surface area contributed by atoms with Gasteiger partial charge in [-0.1, -0.05) is 0 Å². The van der Waals surface area contributed by atoms with E-state index in [1.54, 1.807) is 10.8 Å². The molecule has 2 aromatic rings. The molecule has 150 valence electrons. The molecule has 1 fully saturated rings. The highest BCUT2D eigenvalue weighted by Gasteiger charge is 2.53. The molecular formula is C17H26N4O6. The summed E-state index contributed by atoms with van der Waals surface area (Å²) in [6, 6.07) is 0. The van der Waals surface area contributed by atoms with E-state index >= 15 is 0 Å². The molecule has 3 heterocycles. The van der Waals surface area contributed by atoms with Crippen molar-refractivity contribution in [1.29, 1.82) is 0 Å². The Kier molecular flexibility index (Phi) is 5.65. The third-order valence-corrected chi connectivity index (χ3v) is 4.75. The molecule has 0 aromatic carbocycles. The smallest absolute Gasteiger partial charge is 0.186 e. The van der Waals surface area contributed by atoms with Crippen LogP contribution in [-0.4, -0.2) is 67.5 Å². The van der Waals surface area contributed by atoms with Crippen molar-refractivity contribution in [1.82, 2.24) is 14.5 Å². The summed E-state index contributed by atoms with van der Waals surface area (Å²) in [5.74, 6) is 0.232. The van der Waals surface area contributed by atoms with Gasteiger partial charge in [0.05, 0.1) is 12.0 Å². The zero-order valence-corrected chi connectivity index (χ0v) is 15.6. The van der Waals surface area contributed by atoms with E-state index in [1.165, 1.54) is 13.3 Å². The van der Waals surface area contributed by atoms with Gasteiger partial charge in [0, 0.05) is 25.0 Å². The maximum Gasteiger partial charge on any atom is 0.186 e. The molecule has 0 unspecified atom stereocenters. The molecule has 10 nitrogen and oxygen atoms in total. The number of rotatable bonds is 7. The summed E-state index contributed by atoms with van der Waals surface area (Å²) in [7, 11) is 0. The molecule has 0 spiro atoms. The van der Waals surface area contributed by atoms with Crippen LogP contribution in [0.1, 0.15) is 38.9 Å². The SMILES string of the molecule is CCOC(OCC)c1cn([C@@H]2O[C@H](CO)[C@@H](O)[C@@]2(C)O)c2ncnc(N)c12. The predicted molar refractivity (Wildman–Crippen MR) is 95.6 cm³/mol. The van der Waals surface area contributed by atoms with E-state index in [-0.39, 0.29) is 5.82 Å². The van der Waals surface area contributed by atoms with Crippen molar-refractivity contribution in [2.75, 3.05) is 25.6 Å². The average molecular weight is 382 g/mol. The number of hydrogen-bond donors (Lipinski definition) is 4. The number of nitrogen functional groups attached to an aromatic ring is 1. The molecule has 0 radical (unpaired) electrons. The number of anilines is 1. The summed E-state index contributed by atoms with van der Waals surface area (Å²) in [6.45, 7) is 5.52. The second-order valence-electron chi connectivity index (χ2n) is 6.57. The highest BCUT2D eigenvalue weighted by molar-refractivity contribution is 5.90. The van der Waals surface area contributed by atoms with Gasteiger partial charge in [-0.3, -0.25) is 0 Å². The Morgan fingerprint density at radius 2 is 2.00 bits per heavy atom. The Bertz CT molecular complexity index is 789. The number of nitrogens with zero attached hydrogens (tertiary/aromatic N) is 3. The molecule has 5 N–H and O–H groups in total. The number of nitrogens with two attached hydrogens (primary N) is 1. The maximum absolute atomic E-state index is 10.8. The average Bonchev–Trinajstić information content (AvgIpc) is 3.12. The Morgan fingerprint density at radius 3 is 2.56 bits per heavy atom. The van der Waals surface area contributed by atoms with Crippen molar-refractivity contribution in [3.63, 3.8) is 0 Å². The standard InChI is InChI=1S/C17H26N4O6/c1-4-25-15(26-5-2)9-6-21(14-11(9)13(18)19-8-20-14)16-17(3,24)12(23)10(7-22)27-16/h6,8,10,12,15-16,22-24H,4-5,7H2,1-3H3,(H2,18,19,20)/t10-,12-,16-,17-/m1/s1. The normalized spacial score (nSPS) is 28.5. The number of aliphatic hydroxyl groups excluding tert-OH is 2. The lowest BCUT2D eigenvalue weighted by Crippen LogP contribution is -2.44. The van der Waals surface area contributed by atoms with Gasteiger partial charge in [0.2, 0.25) is 0 Å². The number of hydrogen-bond acceptors (Lipinski definition) is 9. The molecule has 27 heavy (non-hydrogen) atoms. The fourth-order valence-corrected chi connectivity index (χ4v) is 3.42. The molecule has 10 heteroatoms. The lowest BCUT2D eigenvalue weighted by molar-refractivity contribution is -0.140. The van der Waals surface area contributed by atoms with E-state index in [0.717, 1.165) is 0 Å². The van der Waals surface area contributed by atoms with Gasteiger partial charge < -0.3 is 39.8 Å². The Morgan fingerprint density at radius 1 is 1.33 bits per heavy atom. The van der Waals surface area contributed by atoms with Gasteiger partial charge in [-0.05, 0) is 20.8 Å². The Balaban J connectivity index is 2.16. The van der Waals surface area contributed by atoms with Crippen LogP contribution in [0.5, 0.6) is 0 Å². The third kappa shape index (κ3) is 3.28. The maximum atomic E-state index is 10.8. The van der Waals surface area contributed by atoms with Gasteiger partial charge in [-0.25, -0.2) is 9.97 Å². The van der Waals surface area contributed by atoms with E-state index in [0.29, 0.717) is 29.8 Å². The highest BCUT2D eigenvalue weighted by atomic mass is 16.7. The van der Waals surface area contributed by atoms with Crippen LogP contribution in [-0.2, 0) is 14.2 Å². The van der Waals surface area contributed by atoms with Crippen LogP contribution in [0, 0.1) is 0 Å². The summed E-state index contributed by atoms with van der Waals surface area (Å²) < 4.78 is 18.6. The first-order valence-electron chi connectivity index (χ1n) is 8.87. The summed E-state index contributed by atoms with van der Waals surface area (Å²) in [6.07, 6.45) is -0.946. The Labute approximate surface area is 156 Å². The van der Waals surface area contributed by atoms with Crippen molar-refractivity contribution in [2.24, 2.45) is 0 Å². The lowest BCUT2D eigenvalue weighted by Gasteiger charge is -2.27. The van der Waals surface area contributed by atoms with Crippen molar-refractivity contribution < 1.29 is 29.5 Å². The van der Waals surface area contributed by atoms with E-state index < -0.39 is 36.9 Å². The van der Waals surface area contributed by atoms with Crippen LogP contribution in [0.25, 0.3) is 11.0 Å². The molecule has 0 saturated carbocycles. The molecular weight excluding hydrogens is 356 g/mol. The van der Waals surface area contributed by atoms with Crippen molar-refractivity contribution >= 4 is 16.9 Å².